The van der Waals surface area contributed by atoms with Crippen LogP contribution in [0, 0.1) is 0 Å². The molecule has 168 valence electrons. The topological polar surface area (TPSA) is 127 Å². The quantitative estimate of drug-likeness (QED) is 0.363. The fraction of sp³-hybridized carbons (Fsp3) is 0.227. The number of aliphatic hydroxyl groups is 1. The van der Waals surface area contributed by atoms with Gasteiger partial charge in [0.25, 0.3) is 5.56 Å². The molecule has 0 saturated heterocycles. The summed E-state index contributed by atoms with van der Waals surface area (Å²) in [6.07, 6.45) is 3.15. The van der Waals surface area contributed by atoms with Crippen molar-refractivity contribution in [2.24, 2.45) is 0 Å². The first-order valence-electron chi connectivity index (χ1n) is 10.3. The van der Waals surface area contributed by atoms with Crippen molar-refractivity contribution < 1.29 is 5.11 Å². The molecule has 0 spiro atoms. The summed E-state index contributed by atoms with van der Waals surface area (Å²) >= 11 is 6.35. The lowest BCUT2D eigenvalue weighted by Gasteiger charge is -2.18. The van der Waals surface area contributed by atoms with Crippen LogP contribution in [0.15, 0.2) is 47.5 Å². The molecule has 0 aliphatic rings. The molecule has 0 aliphatic carbocycles. The maximum atomic E-state index is 13.0. The molecule has 0 amide bonds. The van der Waals surface area contributed by atoms with Crippen LogP contribution in [0.25, 0.3) is 27.8 Å². The molecule has 0 radical (unpaired) electrons. The predicted octanol–water partition coefficient (Wildman–Crippen LogP) is 3.50. The first-order chi connectivity index (χ1) is 15.8. The van der Waals surface area contributed by atoms with Crippen molar-refractivity contribution in [2.75, 3.05) is 5.32 Å². The maximum absolute atomic E-state index is 13.0. The average Bonchev–Trinajstić information content (AvgIpc) is 3.36. The average molecular weight is 465 g/mol. The van der Waals surface area contributed by atoms with Crippen molar-refractivity contribution in [3.05, 3.63) is 63.8 Å². The minimum atomic E-state index is -1.14. The van der Waals surface area contributed by atoms with Crippen molar-refractivity contribution in [3.63, 3.8) is 0 Å². The van der Waals surface area contributed by atoms with E-state index in [2.05, 4.69) is 30.5 Å². The Morgan fingerprint density at radius 3 is 2.76 bits per heavy atom. The smallest absolute Gasteiger partial charge is 0.278 e. The summed E-state index contributed by atoms with van der Waals surface area (Å²) in [5.41, 5.74) is 0.953. The molecular weight excluding hydrogens is 444 g/mol. The molecule has 5 aromatic rings. The molecule has 0 unspecified atom stereocenters. The summed E-state index contributed by atoms with van der Waals surface area (Å²) in [6, 6.07) is 8.89. The Balaban J connectivity index is 1.65. The molecule has 0 saturated carbocycles. The van der Waals surface area contributed by atoms with E-state index in [4.69, 9.17) is 11.6 Å². The highest BCUT2D eigenvalue weighted by molar-refractivity contribution is 6.35. The van der Waals surface area contributed by atoms with Gasteiger partial charge in [-0.15, -0.1) is 0 Å². The van der Waals surface area contributed by atoms with Crippen molar-refractivity contribution >= 4 is 45.2 Å². The van der Waals surface area contributed by atoms with Gasteiger partial charge in [0.2, 0.25) is 5.95 Å². The Morgan fingerprint density at radius 1 is 1.18 bits per heavy atom. The van der Waals surface area contributed by atoms with E-state index in [1.165, 1.54) is 10.9 Å². The zero-order valence-corrected chi connectivity index (χ0v) is 18.9. The van der Waals surface area contributed by atoms with Gasteiger partial charge in [0.1, 0.15) is 11.0 Å². The minimum absolute atomic E-state index is 0.226. The van der Waals surface area contributed by atoms with E-state index in [-0.39, 0.29) is 11.5 Å². The highest BCUT2D eigenvalue weighted by Gasteiger charge is 2.21. The van der Waals surface area contributed by atoms with Crippen LogP contribution in [-0.4, -0.2) is 39.6 Å². The molecule has 10 nitrogen and oxygen atoms in total. The van der Waals surface area contributed by atoms with Gasteiger partial charge in [-0.2, -0.15) is 10.1 Å². The first-order valence-corrected chi connectivity index (χ1v) is 10.7. The lowest BCUT2D eigenvalue weighted by atomic mass is 10.1. The van der Waals surface area contributed by atoms with Gasteiger partial charge in [-0.05, 0) is 45.0 Å². The van der Waals surface area contributed by atoms with E-state index in [0.29, 0.717) is 39.8 Å². The van der Waals surface area contributed by atoms with Crippen molar-refractivity contribution in [1.29, 1.82) is 0 Å². The van der Waals surface area contributed by atoms with E-state index in [0.717, 1.165) is 10.9 Å². The number of hydrogen-bond acceptors (Lipinski definition) is 7. The normalized spacial score (nSPS) is 12.0. The number of H-pyrrole nitrogens is 1. The van der Waals surface area contributed by atoms with Gasteiger partial charge in [-0.25, -0.2) is 19.3 Å². The third-order valence-electron chi connectivity index (χ3n) is 5.32. The lowest BCUT2D eigenvalue weighted by molar-refractivity contribution is 0.0738. The number of nitrogens with one attached hydrogen (secondary N) is 2. The van der Waals surface area contributed by atoms with Gasteiger partial charge < -0.3 is 10.4 Å². The van der Waals surface area contributed by atoms with Crippen LogP contribution in [-0.2, 0) is 12.1 Å². The van der Waals surface area contributed by atoms with E-state index < -0.39 is 5.60 Å². The number of pyridine rings is 1. The number of fused-ring (bicyclic) bond motifs is 2. The van der Waals surface area contributed by atoms with Crippen LogP contribution in [0.5, 0.6) is 0 Å². The van der Waals surface area contributed by atoms with Crippen LogP contribution in [0.3, 0.4) is 0 Å². The summed E-state index contributed by atoms with van der Waals surface area (Å²) in [5.74, 6) is 0.758. The number of anilines is 2. The lowest BCUT2D eigenvalue weighted by Crippen LogP contribution is -2.23. The third kappa shape index (κ3) is 3.62. The summed E-state index contributed by atoms with van der Waals surface area (Å²) in [7, 11) is 0. The molecular formula is C22H21ClN8O2. The van der Waals surface area contributed by atoms with Crippen LogP contribution in [0.2, 0.25) is 5.02 Å². The zero-order chi connectivity index (χ0) is 23.3. The standard InChI is InChI=1S/C22H21ClN8O2/c1-4-30-20(32)14-10-24-21(26-12-8-15(23)13-11-25-29-16(13)9-12)28-19(14)31(30)18-7-5-6-17(27-18)22(2,3)33/h5-11,33H,4H2,1-3H3,(H,25,29)(H,24,26,28). The molecule has 1 aromatic carbocycles. The second-order valence-electron chi connectivity index (χ2n) is 8.12. The highest BCUT2D eigenvalue weighted by Crippen LogP contribution is 2.28. The molecule has 0 aliphatic heterocycles. The van der Waals surface area contributed by atoms with Gasteiger partial charge in [0, 0.05) is 23.8 Å². The van der Waals surface area contributed by atoms with Crippen LogP contribution in [0.4, 0.5) is 11.6 Å². The largest absolute Gasteiger partial charge is 0.384 e. The van der Waals surface area contributed by atoms with E-state index >= 15 is 0 Å². The number of hydrogen-bond donors (Lipinski definition) is 3. The number of aromatic nitrogens is 7. The van der Waals surface area contributed by atoms with E-state index in [1.54, 1.807) is 49.0 Å². The zero-order valence-electron chi connectivity index (χ0n) is 18.2. The molecule has 3 N–H and O–H groups in total. The van der Waals surface area contributed by atoms with Crippen molar-refractivity contribution in [2.45, 2.75) is 32.9 Å². The third-order valence-corrected chi connectivity index (χ3v) is 5.63. The predicted molar refractivity (Wildman–Crippen MR) is 126 cm³/mol. The number of nitrogens with zero attached hydrogens (tertiary/aromatic N) is 6. The number of aromatic amines is 1. The molecule has 11 heteroatoms. The van der Waals surface area contributed by atoms with Crippen LogP contribution in [0.1, 0.15) is 26.5 Å². The Hall–Kier alpha value is -3.76. The summed E-state index contributed by atoms with van der Waals surface area (Å²) < 4.78 is 3.18. The molecule has 0 fully saturated rings. The maximum Gasteiger partial charge on any atom is 0.278 e. The molecule has 4 heterocycles. The van der Waals surface area contributed by atoms with Crippen molar-refractivity contribution in [3.8, 4) is 5.82 Å². The first kappa shape index (κ1) is 21.1. The fourth-order valence-corrected chi connectivity index (χ4v) is 3.97. The van der Waals surface area contributed by atoms with E-state index in [1.807, 2.05) is 13.0 Å². The Labute approximate surface area is 192 Å². The SMILES string of the molecule is CCn1c(=O)c2cnc(Nc3cc(Cl)c4cn[nH]c4c3)nc2n1-c1cccc(C(C)(C)O)n1. The summed E-state index contributed by atoms with van der Waals surface area (Å²) in [5, 5.41) is 22.1. The minimum Gasteiger partial charge on any atom is -0.384 e. The molecule has 4 aromatic heterocycles. The van der Waals surface area contributed by atoms with Gasteiger partial charge in [-0.3, -0.25) is 9.89 Å². The van der Waals surface area contributed by atoms with Gasteiger partial charge >= 0.3 is 0 Å². The Morgan fingerprint density at radius 2 is 2.00 bits per heavy atom. The van der Waals surface area contributed by atoms with Crippen LogP contribution < -0.4 is 10.9 Å². The highest BCUT2D eigenvalue weighted by atomic mass is 35.5. The Kier molecular flexibility index (Phi) is 4.91. The van der Waals surface area contributed by atoms with Gasteiger partial charge in [-0.1, -0.05) is 17.7 Å². The van der Waals surface area contributed by atoms with Crippen molar-refractivity contribution in [1.82, 2.24) is 34.5 Å². The Bertz CT molecular complexity index is 1560. The second-order valence-corrected chi connectivity index (χ2v) is 8.53. The number of rotatable bonds is 5. The van der Waals surface area contributed by atoms with Crippen LogP contribution >= 0.6 is 11.6 Å². The second kappa shape index (κ2) is 7.68. The molecule has 0 atom stereocenters. The number of benzene rings is 1. The summed E-state index contributed by atoms with van der Waals surface area (Å²) in [4.78, 5) is 26.5. The molecule has 33 heavy (non-hydrogen) atoms. The summed E-state index contributed by atoms with van der Waals surface area (Å²) in [6.45, 7) is 5.58. The fourth-order valence-electron chi connectivity index (χ4n) is 3.70. The van der Waals surface area contributed by atoms with Gasteiger partial charge in [0.15, 0.2) is 11.5 Å². The molecule has 5 rings (SSSR count). The molecule has 0 bridgehead atoms. The number of halogens is 1. The monoisotopic (exact) mass is 464 g/mol. The van der Waals surface area contributed by atoms with Gasteiger partial charge in [0.05, 0.1) is 22.4 Å². The van der Waals surface area contributed by atoms with E-state index in [9.17, 15) is 9.90 Å².